The smallest absolute Gasteiger partial charge is 0.153 e. The van der Waals surface area contributed by atoms with Gasteiger partial charge in [-0.2, -0.15) is 4.99 Å². The highest BCUT2D eigenvalue weighted by atomic mass is 32.1. The number of hydrogen-bond acceptors (Lipinski definition) is 2. The van der Waals surface area contributed by atoms with Crippen LogP contribution >= 0.6 is 12.2 Å². The Hall–Kier alpha value is -2.04. The summed E-state index contributed by atoms with van der Waals surface area (Å²) in [6.07, 6.45) is 0. The van der Waals surface area contributed by atoms with E-state index in [-0.39, 0.29) is 5.56 Å². The number of aliphatic imine (C=N–C) groups is 1. The van der Waals surface area contributed by atoms with Crippen LogP contribution in [0.4, 0.5) is 23.2 Å². The van der Waals surface area contributed by atoms with Crippen molar-refractivity contribution in [2.75, 3.05) is 0 Å². The fourth-order valence-electron chi connectivity index (χ4n) is 1.84. The molecule has 0 aliphatic heterocycles. The minimum atomic E-state index is -1.07. The SMILES string of the molecule is Cc1cc(F)c(-c2cc(F)c(N=C=S)c(F)c2)c(F)c1. The van der Waals surface area contributed by atoms with Crippen molar-refractivity contribution in [2.45, 2.75) is 6.92 Å². The maximum Gasteiger partial charge on any atom is 0.153 e. The second-order valence-electron chi connectivity index (χ2n) is 4.10. The zero-order chi connectivity index (χ0) is 14.9. The molecule has 2 aromatic carbocycles. The van der Waals surface area contributed by atoms with Gasteiger partial charge in [0.2, 0.25) is 0 Å². The lowest BCUT2D eigenvalue weighted by molar-refractivity contribution is 0.580. The van der Waals surface area contributed by atoms with E-state index in [0.29, 0.717) is 5.56 Å². The van der Waals surface area contributed by atoms with Crippen molar-refractivity contribution in [1.29, 1.82) is 0 Å². The molecule has 0 aromatic heterocycles. The maximum atomic E-state index is 13.8. The highest BCUT2D eigenvalue weighted by molar-refractivity contribution is 7.78. The molecule has 0 unspecified atom stereocenters. The first-order valence-electron chi connectivity index (χ1n) is 5.47. The van der Waals surface area contributed by atoms with Gasteiger partial charge in [0, 0.05) is 0 Å². The average molecular weight is 297 g/mol. The summed E-state index contributed by atoms with van der Waals surface area (Å²) in [5, 5.41) is 1.84. The Kier molecular flexibility index (Phi) is 3.97. The largest absolute Gasteiger partial charge is 0.206 e. The second-order valence-corrected chi connectivity index (χ2v) is 4.28. The van der Waals surface area contributed by atoms with Gasteiger partial charge in [-0.05, 0) is 54.5 Å². The number of isothiocyanates is 1. The maximum absolute atomic E-state index is 13.8. The van der Waals surface area contributed by atoms with Crippen LogP contribution in [0.2, 0.25) is 0 Å². The van der Waals surface area contributed by atoms with E-state index in [2.05, 4.69) is 17.2 Å². The van der Waals surface area contributed by atoms with E-state index < -0.39 is 34.5 Å². The Morgan fingerprint density at radius 1 is 0.900 bits per heavy atom. The van der Waals surface area contributed by atoms with E-state index >= 15 is 0 Å². The van der Waals surface area contributed by atoms with Crippen molar-refractivity contribution in [1.82, 2.24) is 0 Å². The molecule has 0 heterocycles. The monoisotopic (exact) mass is 297 g/mol. The first-order chi connectivity index (χ1) is 9.43. The minimum absolute atomic E-state index is 0.252. The van der Waals surface area contributed by atoms with Gasteiger partial charge in [-0.25, -0.2) is 17.6 Å². The average Bonchev–Trinajstić information content (AvgIpc) is 2.32. The number of halogens is 4. The van der Waals surface area contributed by atoms with E-state index in [0.717, 1.165) is 24.3 Å². The molecule has 0 spiro atoms. The normalized spacial score (nSPS) is 10.2. The molecule has 20 heavy (non-hydrogen) atoms. The van der Waals surface area contributed by atoms with Gasteiger partial charge in [-0.1, -0.05) is 0 Å². The predicted octanol–water partition coefficient (Wildman–Crippen LogP) is 4.95. The number of hydrogen-bond donors (Lipinski definition) is 0. The summed E-state index contributed by atoms with van der Waals surface area (Å²) in [6.45, 7) is 1.51. The number of thiocarbonyl (C=S) groups is 1. The lowest BCUT2D eigenvalue weighted by Crippen LogP contribution is -1.94. The van der Waals surface area contributed by atoms with Crippen LogP contribution in [0.1, 0.15) is 5.56 Å². The molecule has 0 bridgehead atoms. The third-order valence-corrected chi connectivity index (χ3v) is 2.74. The molecule has 0 saturated heterocycles. The molecule has 0 saturated carbocycles. The van der Waals surface area contributed by atoms with Crippen LogP contribution in [0.3, 0.4) is 0 Å². The van der Waals surface area contributed by atoms with Gasteiger partial charge in [0.1, 0.15) is 17.3 Å². The Morgan fingerprint density at radius 2 is 1.40 bits per heavy atom. The Balaban J connectivity index is 2.69. The molecule has 1 nitrogen and oxygen atoms in total. The Labute approximate surface area is 117 Å². The zero-order valence-electron chi connectivity index (χ0n) is 10.2. The van der Waals surface area contributed by atoms with E-state index in [1.165, 1.54) is 6.92 Å². The van der Waals surface area contributed by atoms with Crippen LogP contribution in [0, 0.1) is 30.2 Å². The summed E-state index contributed by atoms with van der Waals surface area (Å²) < 4.78 is 54.9. The first kappa shape index (κ1) is 14.4. The predicted molar refractivity (Wildman–Crippen MR) is 71.1 cm³/mol. The molecule has 102 valence electrons. The molecular formula is C14H7F4NS. The highest BCUT2D eigenvalue weighted by Gasteiger charge is 2.17. The lowest BCUT2D eigenvalue weighted by atomic mass is 10.0. The van der Waals surface area contributed by atoms with Crippen LogP contribution in [0.15, 0.2) is 29.3 Å². The fourth-order valence-corrected chi connectivity index (χ4v) is 1.93. The van der Waals surface area contributed by atoms with Gasteiger partial charge in [0.25, 0.3) is 0 Å². The molecule has 2 aromatic rings. The standard InChI is InChI=1S/C14H7F4NS/c1-7-2-9(15)13(10(16)3-7)8-4-11(17)14(19-6-20)12(18)5-8/h2-5H,1H3. The van der Waals surface area contributed by atoms with Crippen LogP contribution in [-0.2, 0) is 0 Å². The first-order valence-corrected chi connectivity index (χ1v) is 5.87. The Bertz CT molecular complexity index is 690. The molecule has 0 atom stereocenters. The summed E-state index contributed by atoms with van der Waals surface area (Å²) >= 11 is 4.27. The van der Waals surface area contributed by atoms with E-state index in [9.17, 15) is 17.6 Å². The van der Waals surface area contributed by atoms with Gasteiger partial charge in [-0.15, -0.1) is 0 Å². The molecule has 2 rings (SSSR count). The van der Waals surface area contributed by atoms with Crippen LogP contribution < -0.4 is 0 Å². The zero-order valence-corrected chi connectivity index (χ0v) is 11.0. The van der Waals surface area contributed by atoms with Crippen molar-refractivity contribution >= 4 is 23.1 Å². The van der Waals surface area contributed by atoms with Gasteiger partial charge in [0.05, 0.1) is 10.7 Å². The topological polar surface area (TPSA) is 12.4 Å². The van der Waals surface area contributed by atoms with Crippen molar-refractivity contribution in [3.63, 3.8) is 0 Å². The molecule has 6 heteroatoms. The summed E-state index contributed by atoms with van der Waals surface area (Å²) in [5.74, 6) is -3.94. The van der Waals surface area contributed by atoms with Gasteiger partial charge in [-0.3, -0.25) is 0 Å². The summed E-state index contributed by atoms with van der Waals surface area (Å²) in [5.41, 5.74) is -1.02. The van der Waals surface area contributed by atoms with Crippen LogP contribution in [0.25, 0.3) is 11.1 Å². The minimum Gasteiger partial charge on any atom is -0.206 e. The van der Waals surface area contributed by atoms with Crippen LogP contribution in [0.5, 0.6) is 0 Å². The van der Waals surface area contributed by atoms with E-state index in [1.54, 1.807) is 0 Å². The quantitative estimate of drug-likeness (QED) is 0.434. The molecule has 0 aliphatic carbocycles. The fraction of sp³-hybridized carbons (Fsp3) is 0.0714. The van der Waals surface area contributed by atoms with Crippen molar-refractivity contribution in [3.8, 4) is 11.1 Å². The van der Waals surface area contributed by atoms with Gasteiger partial charge >= 0.3 is 0 Å². The van der Waals surface area contributed by atoms with E-state index in [4.69, 9.17) is 0 Å². The molecule has 0 radical (unpaired) electrons. The molecular weight excluding hydrogens is 290 g/mol. The molecule has 0 N–H and O–H groups in total. The summed E-state index contributed by atoms with van der Waals surface area (Å²) in [6, 6.07) is 3.76. The molecule has 0 aliphatic rings. The van der Waals surface area contributed by atoms with Crippen LogP contribution in [-0.4, -0.2) is 5.16 Å². The molecule has 0 amide bonds. The molecule has 0 fully saturated rings. The van der Waals surface area contributed by atoms with Crippen molar-refractivity contribution in [3.05, 3.63) is 53.1 Å². The second kappa shape index (κ2) is 5.53. The lowest BCUT2D eigenvalue weighted by Gasteiger charge is -2.08. The van der Waals surface area contributed by atoms with Crippen molar-refractivity contribution in [2.24, 2.45) is 4.99 Å². The number of rotatable bonds is 2. The van der Waals surface area contributed by atoms with Gasteiger partial charge in [0.15, 0.2) is 11.6 Å². The number of benzene rings is 2. The summed E-state index contributed by atoms with van der Waals surface area (Å²) in [7, 11) is 0. The number of nitrogens with zero attached hydrogens (tertiary/aromatic N) is 1. The highest BCUT2D eigenvalue weighted by Crippen LogP contribution is 2.32. The van der Waals surface area contributed by atoms with Gasteiger partial charge < -0.3 is 0 Å². The Morgan fingerprint density at radius 3 is 1.85 bits per heavy atom. The van der Waals surface area contributed by atoms with Crippen molar-refractivity contribution < 1.29 is 17.6 Å². The number of aryl methyl sites for hydroxylation is 1. The third-order valence-electron chi connectivity index (χ3n) is 2.65. The summed E-state index contributed by atoms with van der Waals surface area (Å²) in [4.78, 5) is 3.23. The van der Waals surface area contributed by atoms with E-state index in [1.807, 2.05) is 5.16 Å². The third kappa shape index (κ3) is 2.61.